The molecule has 0 atom stereocenters. The highest BCUT2D eigenvalue weighted by atomic mass is 16.5. The molecule has 0 bridgehead atoms. The third-order valence-electron chi connectivity index (χ3n) is 2.23. The van der Waals surface area contributed by atoms with Gasteiger partial charge in [-0.1, -0.05) is 6.08 Å². The number of aromatic nitrogens is 2. The molecule has 1 aromatic rings. The van der Waals surface area contributed by atoms with Gasteiger partial charge in [0.2, 0.25) is 5.88 Å². The number of aldehydes is 1. The molecule has 20 heavy (non-hydrogen) atoms. The highest BCUT2D eigenvalue weighted by Crippen LogP contribution is 2.23. The molecule has 0 unspecified atom stereocenters. The minimum absolute atomic E-state index is 0.0619. The highest BCUT2D eigenvalue weighted by Gasteiger charge is 2.14. The molecule has 0 radical (unpaired) electrons. The maximum atomic E-state index is 11.1. The fraction of sp³-hybridized carbons (Fsp3) is 0.333. The molecule has 0 spiro atoms. The Morgan fingerprint density at radius 2 is 2.00 bits per heavy atom. The molecule has 1 aromatic heterocycles. The summed E-state index contributed by atoms with van der Waals surface area (Å²) in [6.45, 7) is 0.263. The lowest BCUT2D eigenvalue weighted by Crippen LogP contribution is -2.09. The minimum atomic E-state index is -0.472. The molecule has 1 heterocycles. The van der Waals surface area contributed by atoms with E-state index in [0.29, 0.717) is 6.29 Å². The average molecular weight is 281 g/mol. The van der Waals surface area contributed by atoms with Crippen molar-refractivity contribution in [3.63, 3.8) is 0 Å². The fourth-order valence-electron chi connectivity index (χ4n) is 1.30. The minimum Gasteiger partial charge on any atom is -0.480 e. The van der Waals surface area contributed by atoms with E-state index in [0.717, 1.165) is 0 Å². The Morgan fingerprint density at radius 3 is 2.55 bits per heavy atom. The van der Waals surface area contributed by atoms with Gasteiger partial charge in [-0.05, 0) is 0 Å². The first-order chi connectivity index (χ1) is 9.65. The molecule has 0 aliphatic heterocycles. The van der Waals surface area contributed by atoms with Gasteiger partial charge in [-0.15, -0.1) is 0 Å². The maximum Gasteiger partial charge on any atom is 0.330 e. The fourth-order valence-corrected chi connectivity index (χ4v) is 1.30. The van der Waals surface area contributed by atoms with Crippen LogP contribution in [0.3, 0.4) is 0 Å². The smallest absolute Gasteiger partial charge is 0.330 e. The van der Waals surface area contributed by atoms with E-state index in [9.17, 15) is 9.59 Å². The second kappa shape index (κ2) is 7.72. The molecule has 0 aliphatic carbocycles. The quantitative estimate of drug-likeness (QED) is 0.437. The molecular weight excluding hydrogens is 266 g/mol. The Balaban J connectivity index is 2.89. The molecule has 0 aliphatic rings. The van der Waals surface area contributed by atoms with Crippen LogP contribution in [-0.4, -0.2) is 50.1 Å². The number of carbonyl (C=O) groups is 2. The molecule has 0 fully saturated rings. The van der Waals surface area contributed by atoms with E-state index in [4.69, 9.17) is 9.47 Å². The molecule has 108 valence electrons. The lowest BCUT2D eigenvalue weighted by Gasteiger charge is -2.10. The molecular formula is C12H15N3O5. The summed E-state index contributed by atoms with van der Waals surface area (Å²) in [5, 5.41) is 2.86. The number of rotatable bonds is 7. The number of carbonyl (C=O) groups excluding carboxylic acids is 2. The molecule has 8 heteroatoms. The standard InChI is InChI=1S/C12H15N3O5/c1-18-9(17)5-4-6-13-10-8(7-16)11(19-2)15-12(14-10)20-3/h4-5,7H,6H2,1-3H3,(H,13,14,15)/b5-4+. The number of ether oxygens (including phenoxy) is 3. The third kappa shape index (κ3) is 3.94. The zero-order chi connectivity index (χ0) is 15.0. The first kappa shape index (κ1) is 15.4. The predicted molar refractivity (Wildman–Crippen MR) is 70.2 cm³/mol. The first-order valence-corrected chi connectivity index (χ1v) is 5.59. The van der Waals surface area contributed by atoms with Gasteiger partial charge in [0.05, 0.1) is 21.3 Å². The van der Waals surface area contributed by atoms with Crippen molar-refractivity contribution in [1.82, 2.24) is 9.97 Å². The Bertz CT molecular complexity index is 516. The Hall–Kier alpha value is -2.64. The number of hydrogen-bond acceptors (Lipinski definition) is 8. The van der Waals surface area contributed by atoms with Gasteiger partial charge in [-0.3, -0.25) is 4.79 Å². The molecule has 0 amide bonds. The normalized spacial score (nSPS) is 10.2. The molecule has 1 N–H and O–H groups in total. The van der Waals surface area contributed by atoms with Gasteiger partial charge in [0.15, 0.2) is 6.29 Å². The van der Waals surface area contributed by atoms with Crippen LogP contribution < -0.4 is 14.8 Å². The number of hydrogen-bond donors (Lipinski definition) is 1. The summed E-state index contributed by atoms with van der Waals surface area (Å²) < 4.78 is 14.3. The van der Waals surface area contributed by atoms with Gasteiger partial charge in [-0.2, -0.15) is 9.97 Å². The Morgan fingerprint density at radius 1 is 1.25 bits per heavy atom. The lowest BCUT2D eigenvalue weighted by molar-refractivity contribution is -0.134. The van der Waals surface area contributed by atoms with E-state index in [1.807, 2.05) is 0 Å². The second-order valence-electron chi connectivity index (χ2n) is 3.41. The van der Waals surface area contributed by atoms with Crippen LogP contribution in [0.25, 0.3) is 0 Å². The summed E-state index contributed by atoms with van der Waals surface area (Å²) in [6.07, 6.45) is 3.36. The molecule has 1 rings (SSSR count). The van der Waals surface area contributed by atoms with E-state index in [1.54, 1.807) is 0 Å². The van der Waals surface area contributed by atoms with Crippen molar-refractivity contribution >= 4 is 18.1 Å². The van der Waals surface area contributed by atoms with Crippen LogP contribution in [0.4, 0.5) is 5.82 Å². The van der Waals surface area contributed by atoms with Gasteiger partial charge in [-0.25, -0.2) is 4.79 Å². The zero-order valence-electron chi connectivity index (χ0n) is 11.4. The summed E-state index contributed by atoms with van der Waals surface area (Å²) in [6, 6.07) is 0.0619. The molecule has 0 saturated carbocycles. The van der Waals surface area contributed by atoms with Crippen molar-refractivity contribution in [3.05, 3.63) is 17.7 Å². The predicted octanol–water partition coefficient (Wildman–Crippen LogP) is 0.447. The molecule has 0 saturated heterocycles. The third-order valence-corrected chi connectivity index (χ3v) is 2.23. The van der Waals surface area contributed by atoms with Crippen LogP contribution in [0.1, 0.15) is 10.4 Å². The topological polar surface area (TPSA) is 99.6 Å². The van der Waals surface area contributed by atoms with Crippen LogP contribution in [0.5, 0.6) is 11.9 Å². The van der Waals surface area contributed by atoms with E-state index in [2.05, 4.69) is 20.0 Å². The van der Waals surface area contributed by atoms with Crippen molar-refractivity contribution in [3.8, 4) is 11.9 Å². The number of nitrogens with zero attached hydrogens (tertiary/aromatic N) is 2. The van der Waals surface area contributed by atoms with Crippen LogP contribution >= 0.6 is 0 Å². The Labute approximate surface area is 115 Å². The number of anilines is 1. The van der Waals surface area contributed by atoms with Crippen molar-refractivity contribution in [2.75, 3.05) is 33.2 Å². The number of nitrogens with one attached hydrogen (secondary N) is 1. The van der Waals surface area contributed by atoms with Crippen LogP contribution in [-0.2, 0) is 9.53 Å². The van der Waals surface area contributed by atoms with Crippen molar-refractivity contribution < 1.29 is 23.8 Å². The van der Waals surface area contributed by atoms with Gasteiger partial charge in [0, 0.05) is 12.6 Å². The highest BCUT2D eigenvalue weighted by molar-refractivity contribution is 5.86. The maximum absolute atomic E-state index is 11.1. The second-order valence-corrected chi connectivity index (χ2v) is 3.41. The van der Waals surface area contributed by atoms with Gasteiger partial charge < -0.3 is 19.5 Å². The largest absolute Gasteiger partial charge is 0.480 e. The van der Waals surface area contributed by atoms with E-state index in [-0.39, 0.29) is 29.8 Å². The first-order valence-electron chi connectivity index (χ1n) is 5.59. The van der Waals surface area contributed by atoms with Gasteiger partial charge >= 0.3 is 12.0 Å². The van der Waals surface area contributed by atoms with Crippen molar-refractivity contribution in [2.45, 2.75) is 0 Å². The number of methoxy groups -OCH3 is 3. The van der Waals surface area contributed by atoms with Gasteiger partial charge in [0.25, 0.3) is 0 Å². The van der Waals surface area contributed by atoms with E-state index >= 15 is 0 Å². The summed E-state index contributed by atoms with van der Waals surface area (Å²) in [5.41, 5.74) is 0.166. The lowest BCUT2D eigenvalue weighted by atomic mass is 10.3. The summed E-state index contributed by atoms with van der Waals surface area (Å²) in [4.78, 5) is 29.8. The van der Waals surface area contributed by atoms with E-state index in [1.165, 1.54) is 33.5 Å². The zero-order valence-corrected chi connectivity index (χ0v) is 11.4. The average Bonchev–Trinajstić information content (AvgIpc) is 2.49. The van der Waals surface area contributed by atoms with Crippen LogP contribution in [0.2, 0.25) is 0 Å². The summed E-state index contributed by atoms with van der Waals surface area (Å²) >= 11 is 0. The van der Waals surface area contributed by atoms with Crippen molar-refractivity contribution in [2.24, 2.45) is 0 Å². The summed E-state index contributed by atoms with van der Waals surface area (Å²) in [5.74, 6) is -0.121. The van der Waals surface area contributed by atoms with Crippen LogP contribution in [0, 0.1) is 0 Å². The molecule has 8 nitrogen and oxygen atoms in total. The van der Waals surface area contributed by atoms with Gasteiger partial charge in [0.1, 0.15) is 11.4 Å². The monoisotopic (exact) mass is 281 g/mol. The van der Waals surface area contributed by atoms with Crippen molar-refractivity contribution in [1.29, 1.82) is 0 Å². The van der Waals surface area contributed by atoms with Crippen LogP contribution in [0.15, 0.2) is 12.2 Å². The van der Waals surface area contributed by atoms with E-state index < -0.39 is 5.97 Å². The number of esters is 1. The Kier molecular flexibility index (Phi) is 5.95. The SMILES string of the molecule is COC(=O)/C=C/CNc1nc(OC)nc(OC)c1C=O. The molecule has 0 aromatic carbocycles. The summed E-state index contributed by atoms with van der Waals surface area (Å²) in [7, 11) is 4.07.